The van der Waals surface area contributed by atoms with Gasteiger partial charge in [0.2, 0.25) is 0 Å². The molecule has 0 spiro atoms. The van der Waals surface area contributed by atoms with Crippen LogP contribution in [0.15, 0.2) is 35.3 Å². The quantitative estimate of drug-likeness (QED) is 0.508. The summed E-state index contributed by atoms with van der Waals surface area (Å²) >= 11 is 0. The Hall–Kier alpha value is -1.55. The molecule has 1 aromatic rings. The SMILES string of the molecule is CCNC(=NCC(O)Cc1ccccc1)NCCC(C)C. The van der Waals surface area contributed by atoms with Crippen molar-refractivity contribution in [3.05, 3.63) is 35.9 Å². The van der Waals surface area contributed by atoms with E-state index in [-0.39, 0.29) is 0 Å². The lowest BCUT2D eigenvalue weighted by molar-refractivity contribution is 0.183. The number of hydrogen-bond donors (Lipinski definition) is 3. The van der Waals surface area contributed by atoms with E-state index < -0.39 is 6.10 Å². The van der Waals surface area contributed by atoms with E-state index in [0.29, 0.717) is 18.9 Å². The molecule has 1 aromatic carbocycles. The number of nitrogens with zero attached hydrogens (tertiary/aromatic N) is 1. The van der Waals surface area contributed by atoms with Crippen LogP contribution >= 0.6 is 0 Å². The van der Waals surface area contributed by atoms with Crippen LogP contribution in [0.2, 0.25) is 0 Å². The predicted octanol–water partition coefficient (Wildman–Crippen LogP) is 2.19. The summed E-state index contributed by atoms with van der Waals surface area (Å²) < 4.78 is 0. The van der Waals surface area contributed by atoms with Gasteiger partial charge in [-0.25, -0.2) is 0 Å². The maximum absolute atomic E-state index is 10.1. The maximum Gasteiger partial charge on any atom is 0.191 e. The van der Waals surface area contributed by atoms with Crippen molar-refractivity contribution in [1.29, 1.82) is 0 Å². The minimum atomic E-state index is -0.451. The lowest BCUT2D eigenvalue weighted by atomic mass is 10.1. The van der Waals surface area contributed by atoms with E-state index in [9.17, 15) is 5.11 Å². The Morgan fingerprint density at radius 1 is 1.19 bits per heavy atom. The molecule has 0 aliphatic carbocycles. The van der Waals surface area contributed by atoms with Gasteiger partial charge < -0.3 is 15.7 Å². The van der Waals surface area contributed by atoms with Gasteiger partial charge >= 0.3 is 0 Å². The fraction of sp³-hybridized carbons (Fsp3) is 0.588. The highest BCUT2D eigenvalue weighted by Crippen LogP contribution is 2.03. The van der Waals surface area contributed by atoms with E-state index in [4.69, 9.17) is 0 Å². The summed E-state index contributed by atoms with van der Waals surface area (Å²) in [6.07, 6.45) is 1.29. The smallest absolute Gasteiger partial charge is 0.191 e. The van der Waals surface area contributed by atoms with Gasteiger partial charge in [-0.1, -0.05) is 44.2 Å². The normalized spacial score (nSPS) is 13.3. The maximum atomic E-state index is 10.1. The molecule has 0 aromatic heterocycles. The molecule has 0 radical (unpaired) electrons. The van der Waals surface area contributed by atoms with E-state index >= 15 is 0 Å². The molecule has 21 heavy (non-hydrogen) atoms. The molecule has 0 fully saturated rings. The largest absolute Gasteiger partial charge is 0.391 e. The van der Waals surface area contributed by atoms with E-state index in [1.807, 2.05) is 37.3 Å². The molecule has 0 amide bonds. The first-order valence-electron chi connectivity index (χ1n) is 7.86. The van der Waals surface area contributed by atoms with Crippen molar-refractivity contribution < 1.29 is 5.11 Å². The average molecular weight is 291 g/mol. The van der Waals surface area contributed by atoms with Gasteiger partial charge in [0, 0.05) is 19.5 Å². The molecule has 0 saturated heterocycles. The molecule has 4 heteroatoms. The third-order valence-corrected chi connectivity index (χ3v) is 3.13. The van der Waals surface area contributed by atoms with Gasteiger partial charge in [0.15, 0.2) is 5.96 Å². The third kappa shape index (κ3) is 8.35. The van der Waals surface area contributed by atoms with Gasteiger partial charge in [-0.2, -0.15) is 0 Å². The molecule has 0 aliphatic heterocycles. The second kappa shape index (κ2) is 10.2. The molecule has 4 nitrogen and oxygen atoms in total. The molecular formula is C17H29N3O. The molecule has 0 saturated carbocycles. The monoisotopic (exact) mass is 291 g/mol. The van der Waals surface area contributed by atoms with Crippen LogP contribution in [0.4, 0.5) is 0 Å². The van der Waals surface area contributed by atoms with Crippen LogP contribution < -0.4 is 10.6 Å². The van der Waals surface area contributed by atoms with Crippen LogP contribution in [0.1, 0.15) is 32.8 Å². The summed E-state index contributed by atoms with van der Waals surface area (Å²) in [5, 5.41) is 16.6. The van der Waals surface area contributed by atoms with Crippen LogP contribution in [0.5, 0.6) is 0 Å². The van der Waals surface area contributed by atoms with Crippen LogP contribution in [0.25, 0.3) is 0 Å². The third-order valence-electron chi connectivity index (χ3n) is 3.13. The summed E-state index contributed by atoms with van der Waals surface area (Å²) in [7, 11) is 0. The van der Waals surface area contributed by atoms with Gasteiger partial charge in [-0.05, 0) is 24.8 Å². The zero-order chi connectivity index (χ0) is 15.5. The number of guanidine groups is 1. The number of hydrogen-bond acceptors (Lipinski definition) is 2. The van der Waals surface area contributed by atoms with E-state index in [1.165, 1.54) is 0 Å². The summed E-state index contributed by atoms with van der Waals surface area (Å²) in [6, 6.07) is 10.0. The summed E-state index contributed by atoms with van der Waals surface area (Å²) in [5.74, 6) is 1.45. The Morgan fingerprint density at radius 2 is 1.90 bits per heavy atom. The van der Waals surface area contributed by atoms with Gasteiger partial charge in [0.1, 0.15) is 0 Å². The molecule has 1 atom stereocenters. The highest BCUT2D eigenvalue weighted by molar-refractivity contribution is 5.79. The first-order valence-corrected chi connectivity index (χ1v) is 7.86. The van der Waals surface area contributed by atoms with Crippen molar-refractivity contribution in [1.82, 2.24) is 10.6 Å². The van der Waals surface area contributed by atoms with Crippen LogP contribution in [-0.4, -0.2) is 36.8 Å². The van der Waals surface area contributed by atoms with Gasteiger partial charge in [0.05, 0.1) is 12.6 Å². The zero-order valence-electron chi connectivity index (χ0n) is 13.5. The van der Waals surface area contributed by atoms with Crippen LogP contribution in [0.3, 0.4) is 0 Å². The molecular weight excluding hydrogens is 262 g/mol. The lowest BCUT2D eigenvalue weighted by Gasteiger charge is -2.14. The van der Waals surface area contributed by atoms with Crippen LogP contribution in [0, 0.1) is 5.92 Å². The number of aliphatic imine (C=N–C) groups is 1. The Morgan fingerprint density at radius 3 is 2.52 bits per heavy atom. The van der Waals surface area contributed by atoms with E-state index in [2.05, 4.69) is 29.5 Å². The van der Waals surface area contributed by atoms with Gasteiger partial charge in [-0.15, -0.1) is 0 Å². The fourth-order valence-corrected chi connectivity index (χ4v) is 1.97. The Labute approximate surface area is 128 Å². The van der Waals surface area contributed by atoms with Gasteiger partial charge in [0.25, 0.3) is 0 Å². The molecule has 0 bridgehead atoms. The summed E-state index contributed by atoms with van der Waals surface area (Å²) in [6.45, 7) is 8.58. The first-order chi connectivity index (χ1) is 10.1. The van der Waals surface area contributed by atoms with Gasteiger partial charge in [-0.3, -0.25) is 4.99 Å². The van der Waals surface area contributed by atoms with Crippen molar-refractivity contribution in [2.75, 3.05) is 19.6 Å². The van der Waals surface area contributed by atoms with Crippen molar-refractivity contribution in [2.45, 2.75) is 39.7 Å². The Kier molecular flexibility index (Phi) is 8.51. The Balaban J connectivity index is 2.41. The number of aliphatic hydroxyl groups is 1. The minimum absolute atomic E-state index is 0.409. The molecule has 0 aliphatic rings. The highest BCUT2D eigenvalue weighted by atomic mass is 16.3. The molecule has 118 valence electrons. The first kappa shape index (κ1) is 17.5. The second-order valence-corrected chi connectivity index (χ2v) is 5.67. The van der Waals surface area contributed by atoms with Crippen molar-refractivity contribution in [3.63, 3.8) is 0 Å². The second-order valence-electron chi connectivity index (χ2n) is 5.67. The standard InChI is InChI=1S/C17H29N3O/c1-4-18-17(19-11-10-14(2)3)20-13-16(21)12-15-8-6-5-7-9-15/h5-9,14,16,21H,4,10-13H2,1-3H3,(H2,18,19,20). The Bertz CT molecular complexity index is 404. The zero-order valence-corrected chi connectivity index (χ0v) is 13.5. The topological polar surface area (TPSA) is 56.7 Å². The fourth-order valence-electron chi connectivity index (χ4n) is 1.97. The van der Waals surface area contributed by atoms with Crippen molar-refractivity contribution in [2.24, 2.45) is 10.9 Å². The lowest BCUT2D eigenvalue weighted by Crippen LogP contribution is -2.38. The number of benzene rings is 1. The van der Waals surface area contributed by atoms with Crippen molar-refractivity contribution in [3.8, 4) is 0 Å². The highest BCUT2D eigenvalue weighted by Gasteiger charge is 2.05. The number of nitrogens with one attached hydrogen (secondary N) is 2. The molecule has 0 heterocycles. The predicted molar refractivity (Wildman–Crippen MR) is 89.6 cm³/mol. The number of aliphatic hydroxyl groups excluding tert-OH is 1. The summed E-state index contributed by atoms with van der Waals surface area (Å²) in [5.41, 5.74) is 1.14. The molecule has 3 N–H and O–H groups in total. The number of rotatable bonds is 8. The minimum Gasteiger partial charge on any atom is -0.391 e. The average Bonchev–Trinajstić information content (AvgIpc) is 2.45. The molecule has 1 rings (SSSR count). The van der Waals surface area contributed by atoms with E-state index in [1.54, 1.807) is 0 Å². The molecule has 1 unspecified atom stereocenters. The van der Waals surface area contributed by atoms with Crippen molar-refractivity contribution >= 4 is 5.96 Å². The summed E-state index contributed by atoms with van der Waals surface area (Å²) in [4.78, 5) is 4.45. The van der Waals surface area contributed by atoms with E-state index in [0.717, 1.165) is 31.0 Å². The van der Waals surface area contributed by atoms with Crippen LogP contribution in [-0.2, 0) is 6.42 Å².